The first-order valence-electron chi connectivity index (χ1n) is 5.42. The number of allylic oxidation sites excluding steroid dienone is 1. The number of halogens is 2. The fraction of sp³-hybridized carbons (Fsp3) is 0.385. The van der Waals surface area contributed by atoms with E-state index in [1.165, 1.54) is 0 Å². The molecule has 2 N–H and O–H groups in total. The van der Waals surface area contributed by atoms with Crippen molar-refractivity contribution >= 4 is 28.3 Å². The molecule has 1 aromatic rings. The Morgan fingerprint density at radius 2 is 1.94 bits per heavy atom. The van der Waals surface area contributed by atoms with Gasteiger partial charge in [-0.15, -0.1) is 19.0 Å². The predicted octanol–water partition coefficient (Wildman–Crippen LogP) is 3.85. The highest BCUT2D eigenvalue weighted by molar-refractivity contribution is 9.10. The Bertz CT molecular complexity index is 399. The van der Waals surface area contributed by atoms with Crippen molar-refractivity contribution < 1.29 is 9.47 Å². The van der Waals surface area contributed by atoms with Crippen LogP contribution in [0, 0.1) is 0 Å². The minimum atomic E-state index is -0.0788. The van der Waals surface area contributed by atoms with Crippen LogP contribution < -0.4 is 15.2 Å². The van der Waals surface area contributed by atoms with Crippen LogP contribution in [0.3, 0.4) is 0 Å². The summed E-state index contributed by atoms with van der Waals surface area (Å²) >= 11 is 3.42. The molecule has 0 radical (unpaired) electrons. The van der Waals surface area contributed by atoms with E-state index in [0.717, 1.165) is 34.4 Å². The van der Waals surface area contributed by atoms with E-state index >= 15 is 0 Å². The third-order valence-corrected chi connectivity index (χ3v) is 3.21. The molecular weight excluding hydrogens is 318 g/mol. The van der Waals surface area contributed by atoms with E-state index in [1.54, 1.807) is 14.2 Å². The summed E-state index contributed by atoms with van der Waals surface area (Å²) in [5.41, 5.74) is 7.09. The van der Waals surface area contributed by atoms with Gasteiger partial charge in [-0.1, -0.05) is 6.08 Å². The molecule has 0 aliphatic carbocycles. The van der Waals surface area contributed by atoms with E-state index in [4.69, 9.17) is 15.2 Å². The number of nitrogens with two attached hydrogens (primary N) is 1. The van der Waals surface area contributed by atoms with Crippen molar-refractivity contribution in [3.8, 4) is 11.5 Å². The molecule has 5 heteroatoms. The highest BCUT2D eigenvalue weighted by atomic mass is 79.9. The van der Waals surface area contributed by atoms with Crippen LogP contribution in [0.25, 0.3) is 0 Å². The molecule has 0 aliphatic rings. The Morgan fingerprint density at radius 1 is 1.33 bits per heavy atom. The monoisotopic (exact) mass is 335 g/mol. The molecule has 1 rings (SSSR count). The van der Waals surface area contributed by atoms with E-state index in [2.05, 4.69) is 22.5 Å². The molecule has 0 spiro atoms. The number of hydrogen-bond donors (Lipinski definition) is 1. The minimum absolute atomic E-state index is 0. The van der Waals surface area contributed by atoms with Crippen LogP contribution in [0.1, 0.15) is 24.4 Å². The molecule has 0 saturated heterocycles. The molecule has 0 unspecified atom stereocenters. The van der Waals surface area contributed by atoms with Crippen LogP contribution in [-0.2, 0) is 0 Å². The molecule has 3 nitrogen and oxygen atoms in total. The molecular formula is C13H19BrClNO2. The Kier molecular flexibility index (Phi) is 8.07. The minimum Gasteiger partial charge on any atom is -0.496 e. The lowest BCUT2D eigenvalue weighted by molar-refractivity contribution is 0.392. The number of benzene rings is 1. The lowest BCUT2D eigenvalue weighted by Crippen LogP contribution is -2.11. The molecule has 102 valence electrons. The molecule has 0 fully saturated rings. The number of rotatable bonds is 6. The van der Waals surface area contributed by atoms with E-state index in [9.17, 15) is 0 Å². The van der Waals surface area contributed by atoms with Crippen molar-refractivity contribution in [3.05, 3.63) is 34.8 Å². The van der Waals surface area contributed by atoms with Crippen LogP contribution in [0.15, 0.2) is 29.3 Å². The van der Waals surface area contributed by atoms with Gasteiger partial charge in [0.25, 0.3) is 0 Å². The molecule has 0 aliphatic heterocycles. The largest absolute Gasteiger partial charge is 0.496 e. The van der Waals surface area contributed by atoms with Crippen molar-refractivity contribution in [1.82, 2.24) is 0 Å². The topological polar surface area (TPSA) is 44.5 Å². The maximum Gasteiger partial charge on any atom is 0.133 e. The fourth-order valence-electron chi connectivity index (χ4n) is 1.63. The molecule has 18 heavy (non-hydrogen) atoms. The molecule has 0 bridgehead atoms. The fourth-order valence-corrected chi connectivity index (χ4v) is 2.11. The van der Waals surface area contributed by atoms with Gasteiger partial charge in [0.2, 0.25) is 0 Å². The van der Waals surface area contributed by atoms with Crippen molar-refractivity contribution in [1.29, 1.82) is 0 Å². The molecule has 0 amide bonds. The average Bonchev–Trinajstić information content (AvgIpc) is 2.35. The molecule has 0 saturated carbocycles. The second-order valence-corrected chi connectivity index (χ2v) is 4.56. The standard InChI is InChI=1S/C13H18BrNO2.ClH/c1-4-5-6-11(15)9-7-13(17-3)10(14)8-12(9)16-2;/h4,7-8,11H,1,5-6,15H2,2-3H3;1H/t11-;/m0./s1. The Hall–Kier alpha value is -0.710. The predicted molar refractivity (Wildman–Crippen MR) is 80.9 cm³/mol. The van der Waals surface area contributed by atoms with Gasteiger partial charge in [0.05, 0.1) is 18.7 Å². The average molecular weight is 337 g/mol. The molecule has 0 heterocycles. The smallest absolute Gasteiger partial charge is 0.133 e. The van der Waals surface area contributed by atoms with Gasteiger partial charge in [0.1, 0.15) is 11.5 Å². The summed E-state index contributed by atoms with van der Waals surface area (Å²) in [6.45, 7) is 3.70. The van der Waals surface area contributed by atoms with Gasteiger partial charge in [-0.05, 0) is 40.9 Å². The van der Waals surface area contributed by atoms with E-state index in [0.29, 0.717) is 0 Å². The summed E-state index contributed by atoms with van der Waals surface area (Å²) < 4.78 is 11.5. The van der Waals surface area contributed by atoms with Crippen molar-refractivity contribution in [2.75, 3.05) is 14.2 Å². The van der Waals surface area contributed by atoms with Crippen molar-refractivity contribution in [2.45, 2.75) is 18.9 Å². The normalized spacial score (nSPS) is 11.3. The van der Waals surface area contributed by atoms with Crippen LogP contribution in [0.5, 0.6) is 11.5 Å². The van der Waals surface area contributed by atoms with E-state index < -0.39 is 0 Å². The lowest BCUT2D eigenvalue weighted by atomic mass is 10.0. The quantitative estimate of drug-likeness (QED) is 0.802. The second kappa shape index (κ2) is 8.40. The summed E-state index contributed by atoms with van der Waals surface area (Å²) in [6.07, 6.45) is 3.58. The zero-order valence-corrected chi connectivity index (χ0v) is 13.0. The zero-order chi connectivity index (χ0) is 12.8. The van der Waals surface area contributed by atoms with Gasteiger partial charge >= 0.3 is 0 Å². The first-order valence-corrected chi connectivity index (χ1v) is 6.21. The van der Waals surface area contributed by atoms with Gasteiger partial charge in [-0.2, -0.15) is 0 Å². The first kappa shape index (κ1) is 17.3. The van der Waals surface area contributed by atoms with Crippen molar-refractivity contribution in [3.63, 3.8) is 0 Å². The van der Waals surface area contributed by atoms with Gasteiger partial charge < -0.3 is 15.2 Å². The lowest BCUT2D eigenvalue weighted by Gasteiger charge is -2.17. The Labute approximate surface area is 123 Å². The maximum absolute atomic E-state index is 6.13. The third kappa shape index (κ3) is 4.19. The molecule has 0 aromatic heterocycles. The van der Waals surface area contributed by atoms with Gasteiger partial charge in [-0.25, -0.2) is 0 Å². The zero-order valence-electron chi connectivity index (χ0n) is 10.6. The second-order valence-electron chi connectivity index (χ2n) is 3.70. The Morgan fingerprint density at radius 3 is 2.44 bits per heavy atom. The van der Waals surface area contributed by atoms with Crippen LogP contribution in [-0.4, -0.2) is 14.2 Å². The first-order chi connectivity index (χ1) is 8.13. The number of hydrogen-bond acceptors (Lipinski definition) is 3. The summed E-state index contributed by atoms with van der Waals surface area (Å²) in [4.78, 5) is 0. The Balaban J connectivity index is 0.00000289. The summed E-state index contributed by atoms with van der Waals surface area (Å²) in [5.74, 6) is 1.53. The molecule has 1 aromatic carbocycles. The summed E-state index contributed by atoms with van der Waals surface area (Å²) in [7, 11) is 3.27. The van der Waals surface area contributed by atoms with Crippen LogP contribution in [0.2, 0.25) is 0 Å². The van der Waals surface area contributed by atoms with Crippen LogP contribution in [0.4, 0.5) is 0 Å². The van der Waals surface area contributed by atoms with Gasteiger partial charge in [0, 0.05) is 11.6 Å². The van der Waals surface area contributed by atoms with Crippen molar-refractivity contribution in [2.24, 2.45) is 5.73 Å². The highest BCUT2D eigenvalue weighted by Crippen LogP contribution is 2.36. The van der Waals surface area contributed by atoms with Gasteiger partial charge in [-0.3, -0.25) is 0 Å². The van der Waals surface area contributed by atoms with E-state index in [-0.39, 0.29) is 18.4 Å². The highest BCUT2D eigenvalue weighted by Gasteiger charge is 2.15. The number of methoxy groups -OCH3 is 2. The third-order valence-electron chi connectivity index (χ3n) is 2.59. The molecule has 1 atom stereocenters. The van der Waals surface area contributed by atoms with Crippen LogP contribution >= 0.6 is 28.3 Å². The SMILES string of the molecule is C=CCC[C@H](N)c1cc(OC)c(Br)cc1OC.Cl. The van der Waals surface area contributed by atoms with E-state index in [1.807, 2.05) is 18.2 Å². The van der Waals surface area contributed by atoms with Gasteiger partial charge in [0.15, 0.2) is 0 Å². The number of ether oxygens (including phenoxy) is 2. The maximum atomic E-state index is 6.13. The summed E-state index contributed by atoms with van der Waals surface area (Å²) in [5, 5.41) is 0. The summed E-state index contributed by atoms with van der Waals surface area (Å²) in [6, 6.07) is 3.71.